The van der Waals surface area contributed by atoms with Crippen LogP contribution >= 0.6 is 27.7 Å². The molecule has 0 saturated carbocycles. The topological polar surface area (TPSA) is 87.9 Å². The monoisotopic (exact) mass is 468 g/mol. The Morgan fingerprint density at radius 2 is 1.90 bits per heavy atom. The molecule has 3 aromatic rings. The number of amides is 1. The van der Waals surface area contributed by atoms with E-state index in [9.17, 15) is 4.79 Å². The summed E-state index contributed by atoms with van der Waals surface area (Å²) in [5.41, 5.74) is 3.01. The number of ether oxygens (including phenoxy) is 1. The maximum atomic E-state index is 12.1. The lowest BCUT2D eigenvalue weighted by Gasteiger charge is -2.12. The molecule has 6 nitrogen and oxygen atoms in total. The Morgan fingerprint density at radius 3 is 2.55 bits per heavy atom. The zero-order valence-corrected chi connectivity index (χ0v) is 18.2. The van der Waals surface area contributed by atoms with Crippen LogP contribution in [-0.4, -0.2) is 21.6 Å². The molecule has 146 valence electrons. The van der Waals surface area contributed by atoms with Crippen LogP contribution in [0.25, 0.3) is 0 Å². The van der Waals surface area contributed by atoms with E-state index in [0.717, 1.165) is 21.3 Å². The number of nitriles is 1. The average molecular weight is 469 g/mol. The maximum absolute atomic E-state index is 12.1. The van der Waals surface area contributed by atoms with E-state index in [0.29, 0.717) is 22.3 Å². The van der Waals surface area contributed by atoms with E-state index in [-0.39, 0.29) is 11.7 Å². The number of nitrogens with one attached hydrogen (secondary N) is 1. The highest BCUT2D eigenvalue weighted by molar-refractivity contribution is 9.10. The molecule has 0 radical (unpaired) electrons. The summed E-state index contributed by atoms with van der Waals surface area (Å²) >= 11 is 4.58. The Morgan fingerprint density at radius 1 is 1.21 bits per heavy atom. The fourth-order valence-electron chi connectivity index (χ4n) is 2.59. The van der Waals surface area contributed by atoms with Crippen molar-refractivity contribution in [2.24, 2.45) is 0 Å². The van der Waals surface area contributed by atoms with Gasteiger partial charge in [-0.05, 0) is 61.4 Å². The second kappa shape index (κ2) is 9.54. The second-order valence-electron chi connectivity index (χ2n) is 6.17. The summed E-state index contributed by atoms with van der Waals surface area (Å²) in [6.07, 6.45) is 1.59. The molecule has 0 saturated heterocycles. The van der Waals surface area contributed by atoms with Crippen molar-refractivity contribution >= 4 is 39.3 Å². The number of aryl methyl sites for hydroxylation is 2. The van der Waals surface area contributed by atoms with E-state index in [1.54, 1.807) is 24.4 Å². The number of anilines is 1. The largest absolute Gasteiger partial charge is 0.438 e. The van der Waals surface area contributed by atoms with Crippen molar-refractivity contribution in [2.45, 2.75) is 19.0 Å². The quantitative estimate of drug-likeness (QED) is 0.392. The van der Waals surface area contributed by atoms with Crippen LogP contribution in [0.3, 0.4) is 0 Å². The van der Waals surface area contributed by atoms with Crippen LogP contribution < -0.4 is 10.1 Å². The summed E-state index contributed by atoms with van der Waals surface area (Å²) in [6, 6.07) is 14.7. The summed E-state index contributed by atoms with van der Waals surface area (Å²) in [7, 11) is 0. The number of hydrogen-bond acceptors (Lipinski definition) is 6. The third-order valence-corrected chi connectivity index (χ3v) is 5.25. The number of carbonyl (C=O) groups excluding carboxylic acids is 1. The summed E-state index contributed by atoms with van der Waals surface area (Å²) in [4.78, 5) is 20.7. The number of thioether (sulfide) groups is 1. The smallest absolute Gasteiger partial charge is 0.234 e. The predicted octanol–water partition coefficient (Wildman–Crippen LogP) is 5.25. The van der Waals surface area contributed by atoms with E-state index in [1.807, 2.05) is 38.1 Å². The van der Waals surface area contributed by atoms with Crippen LogP contribution in [0.15, 0.2) is 58.3 Å². The number of rotatable bonds is 6. The molecular weight excluding hydrogens is 452 g/mol. The first kappa shape index (κ1) is 20.8. The average Bonchev–Trinajstić information content (AvgIpc) is 2.71. The lowest BCUT2D eigenvalue weighted by Crippen LogP contribution is -2.14. The number of aromatic nitrogens is 2. The van der Waals surface area contributed by atoms with Crippen molar-refractivity contribution in [3.8, 4) is 17.7 Å². The van der Waals surface area contributed by atoms with E-state index < -0.39 is 0 Å². The molecule has 1 amide bonds. The lowest BCUT2D eigenvalue weighted by molar-refractivity contribution is -0.113. The van der Waals surface area contributed by atoms with Gasteiger partial charge in [-0.3, -0.25) is 4.79 Å². The molecule has 0 spiro atoms. The third-order valence-electron chi connectivity index (χ3n) is 3.86. The SMILES string of the molecule is Cc1cc(C#N)cc(C)c1Oc1ccnc(SCC(=O)Nc2ccc(Br)cc2)n1. The molecule has 8 heteroatoms. The molecule has 0 aliphatic heterocycles. The van der Waals surface area contributed by atoms with Gasteiger partial charge in [-0.25, -0.2) is 4.98 Å². The van der Waals surface area contributed by atoms with Crippen molar-refractivity contribution in [1.82, 2.24) is 9.97 Å². The summed E-state index contributed by atoms with van der Waals surface area (Å²) in [6.45, 7) is 3.76. The Labute approximate surface area is 181 Å². The minimum atomic E-state index is -0.147. The van der Waals surface area contributed by atoms with Gasteiger partial charge in [0.2, 0.25) is 11.8 Å². The van der Waals surface area contributed by atoms with Gasteiger partial charge < -0.3 is 10.1 Å². The van der Waals surface area contributed by atoms with Crippen molar-refractivity contribution < 1.29 is 9.53 Å². The highest BCUT2D eigenvalue weighted by Gasteiger charge is 2.11. The molecule has 2 aromatic carbocycles. The highest BCUT2D eigenvalue weighted by Crippen LogP contribution is 2.29. The van der Waals surface area contributed by atoms with Crippen molar-refractivity contribution in [3.63, 3.8) is 0 Å². The zero-order valence-electron chi connectivity index (χ0n) is 15.8. The zero-order chi connectivity index (χ0) is 20.8. The number of hydrogen-bond donors (Lipinski definition) is 1. The van der Waals surface area contributed by atoms with Crippen molar-refractivity contribution in [1.29, 1.82) is 5.26 Å². The highest BCUT2D eigenvalue weighted by atomic mass is 79.9. The number of nitrogens with zero attached hydrogens (tertiary/aromatic N) is 3. The number of halogens is 1. The first-order valence-electron chi connectivity index (χ1n) is 8.65. The standard InChI is InChI=1S/C21H17BrN4O2S/c1-13-9-15(11-23)10-14(2)20(13)28-19-7-8-24-21(26-19)29-12-18(27)25-17-5-3-16(22)4-6-17/h3-10H,12H2,1-2H3,(H,25,27). The third kappa shape index (κ3) is 5.79. The van der Waals surface area contributed by atoms with E-state index in [2.05, 4.69) is 37.3 Å². The van der Waals surface area contributed by atoms with E-state index >= 15 is 0 Å². The normalized spacial score (nSPS) is 10.3. The van der Waals surface area contributed by atoms with Crippen LogP contribution in [0.1, 0.15) is 16.7 Å². The van der Waals surface area contributed by atoms with Gasteiger partial charge in [0.15, 0.2) is 5.16 Å². The molecule has 1 N–H and O–H groups in total. The number of benzene rings is 2. The molecule has 0 unspecified atom stereocenters. The molecule has 1 heterocycles. The lowest BCUT2D eigenvalue weighted by atomic mass is 10.1. The Bertz CT molecular complexity index is 1060. The van der Waals surface area contributed by atoms with Crippen LogP contribution in [0.2, 0.25) is 0 Å². The molecule has 0 bridgehead atoms. The minimum absolute atomic E-state index is 0.147. The summed E-state index contributed by atoms with van der Waals surface area (Å²) in [5, 5.41) is 12.3. The van der Waals surface area contributed by atoms with Gasteiger partial charge in [-0.2, -0.15) is 10.2 Å². The van der Waals surface area contributed by atoms with Gasteiger partial charge in [-0.1, -0.05) is 27.7 Å². The maximum Gasteiger partial charge on any atom is 0.234 e. The molecule has 0 atom stereocenters. The van der Waals surface area contributed by atoms with Gasteiger partial charge in [0.05, 0.1) is 17.4 Å². The molecule has 0 fully saturated rings. The molecule has 1 aromatic heterocycles. The molecule has 0 aliphatic carbocycles. The van der Waals surface area contributed by atoms with Gasteiger partial charge in [0.1, 0.15) is 5.75 Å². The van der Waals surface area contributed by atoms with Gasteiger partial charge >= 0.3 is 0 Å². The van der Waals surface area contributed by atoms with Crippen LogP contribution in [0.5, 0.6) is 11.6 Å². The van der Waals surface area contributed by atoms with Crippen LogP contribution in [0, 0.1) is 25.2 Å². The minimum Gasteiger partial charge on any atom is -0.438 e. The van der Waals surface area contributed by atoms with Crippen molar-refractivity contribution in [2.75, 3.05) is 11.1 Å². The molecule has 3 rings (SSSR count). The molecule has 29 heavy (non-hydrogen) atoms. The fourth-order valence-corrected chi connectivity index (χ4v) is 3.48. The van der Waals surface area contributed by atoms with Crippen LogP contribution in [-0.2, 0) is 4.79 Å². The molecule has 0 aliphatic rings. The second-order valence-corrected chi connectivity index (χ2v) is 8.03. The van der Waals surface area contributed by atoms with Gasteiger partial charge in [0.25, 0.3) is 0 Å². The summed E-state index contributed by atoms with van der Waals surface area (Å²) in [5.74, 6) is 1.07. The first-order chi connectivity index (χ1) is 13.9. The fraction of sp³-hybridized carbons (Fsp3) is 0.143. The Balaban J connectivity index is 1.63. The predicted molar refractivity (Wildman–Crippen MR) is 116 cm³/mol. The Kier molecular flexibility index (Phi) is 6.86. The van der Waals surface area contributed by atoms with Gasteiger partial charge in [-0.15, -0.1) is 0 Å². The summed E-state index contributed by atoms with van der Waals surface area (Å²) < 4.78 is 6.86. The van der Waals surface area contributed by atoms with Crippen molar-refractivity contribution in [3.05, 3.63) is 69.8 Å². The van der Waals surface area contributed by atoms with Gasteiger partial charge in [0, 0.05) is 22.4 Å². The Hall–Kier alpha value is -2.89. The first-order valence-corrected chi connectivity index (χ1v) is 10.4. The number of carbonyl (C=O) groups is 1. The van der Waals surface area contributed by atoms with E-state index in [1.165, 1.54) is 11.8 Å². The van der Waals surface area contributed by atoms with E-state index in [4.69, 9.17) is 10.00 Å². The molecular formula is C21H17BrN4O2S. The van der Waals surface area contributed by atoms with Crippen LogP contribution in [0.4, 0.5) is 5.69 Å².